The summed E-state index contributed by atoms with van der Waals surface area (Å²) in [7, 11) is -4.15. The minimum atomic E-state index is -4.15. The number of H-pyrrole nitrogens is 2. The molecule has 1 aliphatic heterocycles. The molecule has 3 rings (SSSR count). The molecule has 0 spiro atoms. The lowest BCUT2D eigenvalue weighted by molar-refractivity contribution is -0.120. The van der Waals surface area contributed by atoms with Crippen molar-refractivity contribution in [3.8, 4) is 0 Å². The lowest BCUT2D eigenvalue weighted by Crippen LogP contribution is -2.45. The molecule has 0 radical (unpaired) electrons. The van der Waals surface area contributed by atoms with Gasteiger partial charge in [0, 0.05) is 24.5 Å². The summed E-state index contributed by atoms with van der Waals surface area (Å²) in [6.07, 6.45) is 1.04. The lowest BCUT2D eigenvalue weighted by Gasteiger charge is -2.31. The van der Waals surface area contributed by atoms with Gasteiger partial charge in [-0.2, -0.15) is 4.31 Å². The Bertz CT molecular complexity index is 1100. The highest BCUT2D eigenvalue weighted by Gasteiger charge is 2.35. The van der Waals surface area contributed by atoms with Crippen molar-refractivity contribution in [1.82, 2.24) is 14.3 Å². The van der Waals surface area contributed by atoms with Crippen LogP contribution in [-0.2, 0) is 14.8 Å². The van der Waals surface area contributed by atoms with Crippen molar-refractivity contribution in [2.45, 2.75) is 31.6 Å². The van der Waals surface area contributed by atoms with E-state index in [-0.39, 0.29) is 24.7 Å². The molecule has 1 unspecified atom stereocenters. The first-order chi connectivity index (χ1) is 13.2. The minimum Gasteiger partial charge on any atom is -0.326 e. The van der Waals surface area contributed by atoms with Gasteiger partial charge in [-0.05, 0) is 38.8 Å². The summed E-state index contributed by atoms with van der Waals surface area (Å²) in [5.74, 6) is -0.803. The van der Waals surface area contributed by atoms with Gasteiger partial charge in [-0.15, -0.1) is 0 Å². The van der Waals surface area contributed by atoms with Crippen LogP contribution in [0.3, 0.4) is 0 Å². The highest BCUT2D eigenvalue weighted by Crippen LogP contribution is 2.24. The van der Waals surface area contributed by atoms with E-state index in [0.29, 0.717) is 18.5 Å². The molecule has 9 nitrogen and oxygen atoms in total. The molecule has 3 N–H and O–H groups in total. The number of benzene rings is 1. The first-order valence-corrected chi connectivity index (χ1v) is 10.3. The van der Waals surface area contributed by atoms with Crippen LogP contribution in [0, 0.1) is 19.8 Å². The number of nitrogens with zero attached hydrogens (tertiary/aromatic N) is 1. The van der Waals surface area contributed by atoms with Gasteiger partial charge in [0.05, 0.1) is 5.92 Å². The zero-order valence-electron chi connectivity index (χ0n) is 15.6. The van der Waals surface area contributed by atoms with E-state index in [1.807, 2.05) is 24.0 Å². The number of aromatic nitrogens is 2. The topological polar surface area (TPSA) is 132 Å². The summed E-state index contributed by atoms with van der Waals surface area (Å²) in [4.78, 5) is 39.7. The van der Waals surface area contributed by atoms with Gasteiger partial charge in [-0.1, -0.05) is 17.7 Å². The molecule has 2 aromatic rings. The maximum absolute atomic E-state index is 13.0. The first kappa shape index (κ1) is 20.0. The van der Waals surface area contributed by atoms with Crippen LogP contribution >= 0.6 is 0 Å². The Morgan fingerprint density at radius 1 is 1.14 bits per heavy atom. The Morgan fingerprint density at radius 2 is 1.82 bits per heavy atom. The predicted octanol–water partition coefficient (Wildman–Crippen LogP) is 0.719. The van der Waals surface area contributed by atoms with Crippen molar-refractivity contribution < 1.29 is 13.2 Å². The number of aromatic amines is 2. The zero-order valence-corrected chi connectivity index (χ0v) is 16.4. The van der Waals surface area contributed by atoms with E-state index in [1.165, 1.54) is 6.92 Å². The van der Waals surface area contributed by atoms with E-state index in [9.17, 15) is 22.8 Å². The average molecular weight is 406 g/mol. The van der Waals surface area contributed by atoms with E-state index in [4.69, 9.17) is 0 Å². The fraction of sp³-hybridized carbons (Fsp3) is 0.389. The molecule has 1 saturated heterocycles. The van der Waals surface area contributed by atoms with Crippen molar-refractivity contribution in [3.63, 3.8) is 0 Å². The standard InChI is InChI=1S/C18H22N4O5S/c1-11-5-7-14(8-6-11)20-16(23)13-4-3-9-22(10-13)28(26,27)15-12(2)19-18(25)21-17(15)24/h5-8,13H,3-4,9-10H2,1-2H3,(H,20,23)(H2,19,21,24,25). The maximum Gasteiger partial charge on any atom is 0.325 e. The van der Waals surface area contributed by atoms with Crippen LogP contribution in [0.2, 0.25) is 0 Å². The summed E-state index contributed by atoms with van der Waals surface area (Å²) < 4.78 is 27.0. The molecule has 1 aliphatic rings. The first-order valence-electron chi connectivity index (χ1n) is 8.89. The van der Waals surface area contributed by atoms with Crippen molar-refractivity contribution in [3.05, 3.63) is 56.4 Å². The Hall–Kier alpha value is -2.72. The number of aryl methyl sites for hydroxylation is 2. The molecule has 1 aromatic heterocycles. The normalized spacial score (nSPS) is 18.0. The predicted molar refractivity (Wildman–Crippen MR) is 104 cm³/mol. The molecule has 1 fully saturated rings. The number of hydrogen-bond donors (Lipinski definition) is 3. The van der Waals surface area contributed by atoms with Crippen LogP contribution in [0.15, 0.2) is 38.8 Å². The van der Waals surface area contributed by atoms with Crippen LogP contribution in [-0.4, -0.2) is 41.7 Å². The molecule has 0 aliphatic carbocycles. The maximum atomic E-state index is 13.0. The third-order valence-corrected chi connectivity index (χ3v) is 6.77. The molecule has 1 amide bonds. The Balaban J connectivity index is 1.81. The summed E-state index contributed by atoms with van der Waals surface area (Å²) in [5.41, 5.74) is -0.0548. The number of anilines is 1. The average Bonchev–Trinajstić information content (AvgIpc) is 2.62. The van der Waals surface area contributed by atoms with Crippen molar-refractivity contribution >= 4 is 21.6 Å². The van der Waals surface area contributed by atoms with E-state index in [1.54, 1.807) is 12.1 Å². The lowest BCUT2D eigenvalue weighted by atomic mass is 9.98. The molecule has 1 aromatic carbocycles. The van der Waals surface area contributed by atoms with Crippen molar-refractivity contribution in [2.75, 3.05) is 18.4 Å². The highest BCUT2D eigenvalue weighted by atomic mass is 32.2. The molecular formula is C18H22N4O5S. The second-order valence-corrected chi connectivity index (χ2v) is 8.79. The van der Waals surface area contributed by atoms with Gasteiger partial charge in [-0.25, -0.2) is 13.2 Å². The van der Waals surface area contributed by atoms with E-state index < -0.39 is 32.1 Å². The molecule has 10 heteroatoms. The highest BCUT2D eigenvalue weighted by molar-refractivity contribution is 7.89. The van der Waals surface area contributed by atoms with Gasteiger partial charge >= 0.3 is 5.69 Å². The number of piperidine rings is 1. The van der Waals surface area contributed by atoms with Gasteiger partial charge in [-0.3, -0.25) is 14.6 Å². The van der Waals surface area contributed by atoms with Gasteiger partial charge in [0.25, 0.3) is 5.56 Å². The molecular weight excluding hydrogens is 384 g/mol. The molecule has 0 saturated carbocycles. The summed E-state index contributed by atoms with van der Waals surface area (Å²) in [6, 6.07) is 7.32. The molecule has 150 valence electrons. The van der Waals surface area contributed by atoms with Crippen molar-refractivity contribution in [1.29, 1.82) is 0 Å². The second kappa shape index (κ2) is 7.72. The number of sulfonamides is 1. The number of carbonyl (C=O) groups is 1. The molecule has 2 heterocycles. The van der Waals surface area contributed by atoms with E-state index >= 15 is 0 Å². The molecule has 28 heavy (non-hydrogen) atoms. The van der Waals surface area contributed by atoms with Crippen molar-refractivity contribution in [2.24, 2.45) is 5.92 Å². The van der Waals surface area contributed by atoms with Gasteiger partial charge < -0.3 is 10.3 Å². The van der Waals surface area contributed by atoms with Gasteiger partial charge in [0.15, 0.2) is 4.90 Å². The third kappa shape index (κ3) is 4.07. The number of rotatable bonds is 4. The van der Waals surface area contributed by atoms with Crippen LogP contribution < -0.4 is 16.6 Å². The minimum absolute atomic E-state index is 0.0278. The quantitative estimate of drug-likeness (QED) is 0.688. The Morgan fingerprint density at radius 3 is 2.46 bits per heavy atom. The molecule has 0 bridgehead atoms. The number of hydrogen-bond acceptors (Lipinski definition) is 5. The largest absolute Gasteiger partial charge is 0.326 e. The number of amides is 1. The fourth-order valence-electron chi connectivity index (χ4n) is 3.28. The van der Waals surface area contributed by atoms with E-state index in [0.717, 1.165) is 9.87 Å². The number of nitrogens with one attached hydrogen (secondary N) is 3. The van der Waals surface area contributed by atoms with Crippen LogP contribution in [0.1, 0.15) is 24.1 Å². The smallest absolute Gasteiger partial charge is 0.325 e. The van der Waals surface area contributed by atoms with E-state index in [2.05, 4.69) is 10.3 Å². The third-order valence-electron chi connectivity index (χ3n) is 4.75. The monoisotopic (exact) mass is 406 g/mol. The summed E-state index contributed by atoms with van der Waals surface area (Å²) in [6.45, 7) is 3.47. The van der Waals surface area contributed by atoms with Gasteiger partial charge in [0.2, 0.25) is 15.9 Å². The SMILES string of the molecule is Cc1ccc(NC(=O)C2CCCN(S(=O)(=O)c3c(C)[nH]c(=O)[nH]c3=O)C2)cc1. The Kier molecular flexibility index (Phi) is 5.52. The van der Waals surface area contributed by atoms with Crippen LogP contribution in [0.25, 0.3) is 0 Å². The second-order valence-electron chi connectivity index (χ2n) is 6.92. The number of carbonyl (C=O) groups excluding carboxylic acids is 1. The zero-order chi connectivity index (χ0) is 20.5. The summed E-state index contributed by atoms with van der Waals surface area (Å²) >= 11 is 0. The van der Waals surface area contributed by atoms with Crippen LogP contribution in [0.5, 0.6) is 0 Å². The summed E-state index contributed by atoms with van der Waals surface area (Å²) in [5, 5.41) is 2.81. The molecule has 1 atom stereocenters. The van der Waals surface area contributed by atoms with Crippen LogP contribution in [0.4, 0.5) is 5.69 Å². The van der Waals surface area contributed by atoms with Gasteiger partial charge in [0.1, 0.15) is 0 Å². The Labute approximate surface area is 161 Å². The fourth-order valence-corrected chi connectivity index (χ4v) is 5.01.